The van der Waals surface area contributed by atoms with Crippen LogP contribution in [0.25, 0.3) is 0 Å². The van der Waals surface area contributed by atoms with E-state index in [1.807, 2.05) is 30.2 Å². The van der Waals surface area contributed by atoms with Gasteiger partial charge < -0.3 is 19.5 Å². The predicted molar refractivity (Wildman–Crippen MR) is 113 cm³/mol. The normalized spacial score (nSPS) is 19.3. The van der Waals surface area contributed by atoms with Gasteiger partial charge in [0.1, 0.15) is 5.76 Å². The Balaban J connectivity index is 0.000000286. The number of rotatable bonds is 3. The first kappa shape index (κ1) is 29.6. The average Bonchev–Trinajstić information content (AvgIpc) is 3.51. The van der Waals surface area contributed by atoms with Gasteiger partial charge in [-0.2, -0.15) is 26.3 Å². The van der Waals surface area contributed by atoms with Gasteiger partial charge in [0.2, 0.25) is 0 Å². The molecular weight excluding hydrogens is 516 g/mol. The molecule has 0 aliphatic carbocycles. The molecule has 0 saturated carbocycles. The number of fused-ring (bicyclic) bond motifs is 1. The van der Waals surface area contributed by atoms with E-state index >= 15 is 0 Å². The van der Waals surface area contributed by atoms with Crippen LogP contribution in [0.15, 0.2) is 41.1 Å². The summed E-state index contributed by atoms with van der Waals surface area (Å²) in [5, 5.41) is 14.2. The third-order valence-corrected chi connectivity index (χ3v) is 5.62. The number of halogens is 6. The van der Waals surface area contributed by atoms with Crippen molar-refractivity contribution in [3.8, 4) is 0 Å². The highest BCUT2D eigenvalue weighted by molar-refractivity contribution is 5.95. The maximum atomic E-state index is 12.8. The highest BCUT2D eigenvalue weighted by Crippen LogP contribution is 2.33. The van der Waals surface area contributed by atoms with Gasteiger partial charge in [0.15, 0.2) is 0 Å². The Kier molecular flexibility index (Phi) is 9.67. The van der Waals surface area contributed by atoms with E-state index in [0.717, 1.165) is 38.2 Å². The fraction of sp³-hybridized carbons (Fsp3) is 0.455. The average molecular weight is 539 g/mol. The second-order valence-corrected chi connectivity index (χ2v) is 8.00. The van der Waals surface area contributed by atoms with Crippen LogP contribution >= 0.6 is 0 Å². The molecule has 0 aromatic carbocycles. The number of hydrogen-bond acceptors (Lipinski definition) is 6. The minimum Gasteiger partial charge on any atom is -0.475 e. The van der Waals surface area contributed by atoms with Crippen LogP contribution in [0.4, 0.5) is 26.3 Å². The van der Waals surface area contributed by atoms with Gasteiger partial charge in [-0.1, -0.05) is 6.07 Å². The number of aryl methyl sites for hydroxylation is 1. The summed E-state index contributed by atoms with van der Waals surface area (Å²) in [6.45, 7) is 4.58. The first-order chi connectivity index (χ1) is 17.1. The van der Waals surface area contributed by atoms with E-state index in [1.165, 1.54) is 0 Å². The topological polar surface area (TPSA) is 124 Å². The van der Waals surface area contributed by atoms with E-state index in [-0.39, 0.29) is 5.91 Å². The molecule has 2 saturated heterocycles. The standard InChI is InChI=1S/C18H21N3O2.2C2HF3O2/c1-13-15(7-11-23-13)18(22)21-10-6-16-17(21)5-9-20(16)12-14-4-2-3-8-19-14;2*3-2(4,5)1(6)7/h2-4,7-8,11,16-17H,5-6,9-10,12H2,1H3;2*(H,6,7)/t16-,17+;;/m0../s1. The molecule has 4 rings (SSSR count). The molecule has 2 fully saturated rings. The minimum atomic E-state index is -5.08. The number of carboxylic acids is 2. The molecule has 0 unspecified atom stereocenters. The molecular formula is C22H23F6N3O6. The number of aliphatic carboxylic acids is 2. The molecule has 2 N–H and O–H groups in total. The predicted octanol–water partition coefficient (Wildman–Crippen LogP) is 3.74. The summed E-state index contributed by atoms with van der Waals surface area (Å²) in [5.74, 6) is -4.69. The van der Waals surface area contributed by atoms with Crippen molar-refractivity contribution in [1.29, 1.82) is 0 Å². The third kappa shape index (κ3) is 8.20. The van der Waals surface area contributed by atoms with Gasteiger partial charge >= 0.3 is 24.3 Å². The molecule has 15 heteroatoms. The molecule has 37 heavy (non-hydrogen) atoms. The summed E-state index contributed by atoms with van der Waals surface area (Å²) >= 11 is 0. The van der Waals surface area contributed by atoms with Crippen LogP contribution in [-0.4, -0.2) is 80.4 Å². The second kappa shape index (κ2) is 12.1. The minimum absolute atomic E-state index is 0.114. The molecule has 2 atom stereocenters. The van der Waals surface area contributed by atoms with E-state index in [0.29, 0.717) is 23.4 Å². The lowest BCUT2D eigenvalue weighted by atomic mass is 10.1. The molecule has 2 aromatic heterocycles. The van der Waals surface area contributed by atoms with Crippen molar-refractivity contribution in [1.82, 2.24) is 14.8 Å². The Morgan fingerprint density at radius 2 is 1.54 bits per heavy atom. The lowest BCUT2D eigenvalue weighted by Gasteiger charge is -2.25. The Labute approximate surface area is 206 Å². The summed E-state index contributed by atoms with van der Waals surface area (Å²) in [6.07, 6.45) is -4.65. The van der Waals surface area contributed by atoms with Crippen molar-refractivity contribution >= 4 is 17.8 Å². The Morgan fingerprint density at radius 3 is 2.00 bits per heavy atom. The zero-order valence-electron chi connectivity index (χ0n) is 19.3. The van der Waals surface area contributed by atoms with Gasteiger partial charge in [-0.15, -0.1) is 0 Å². The van der Waals surface area contributed by atoms with E-state index in [4.69, 9.17) is 24.2 Å². The number of pyridine rings is 1. The molecule has 0 spiro atoms. The molecule has 2 aliphatic heterocycles. The monoisotopic (exact) mass is 539 g/mol. The van der Waals surface area contributed by atoms with Crippen molar-refractivity contribution in [2.24, 2.45) is 0 Å². The number of likely N-dealkylation sites (tertiary alicyclic amines) is 2. The number of carboxylic acid groups (broad SMARTS) is 2. The zero-order chi connectivity index (χ0) is 28.0. The summed E-state index contributed by atoms with van der Waals surface area (Å²) in [6, 6.07) is 8.60. The van der Waals surface area contributed by atoms with Crippen molar-refractivity contribution in [2.45, 2.75) is 50.7 Å². The van der Waals surface area contributed by atoms with E-state index in [9.17, 15) is 31.1 Å². The fourth-order valence-electron chi connectivity index (χ4n) is 3.99. The summed E-state index contributed by atoms with van der Waals surface area (Å²) in [5.41, 5.74) is 1.80. The molecule has 1 amide bonds. The highest BCUT2D eigenvalue weighted by Gasteiger charge is 2.44. The smallest absolute Gasteiger partial charge is 0.475 e. The Morgan fingerprint density at radius 1 is 0.973 bits per heavy atom. The lowest BCUT2D eigenvalue weighted by Crippen LogP contribution is -2.39. The molecule has 4 heterocycles. The van der Waals surface area contributed by atoms with Crippen LogP contribution in [-0.2, 0) is 16.1 Å². The van der Waals surface area contributed by atoms with Gasteiger partial charge in [0.05, 0.1) is 17.5 Å². The first-order valence-corrected chi connectivity index (χ1v) is 10.7. The maximum Gasteiger partial charge on any atom is 0.490 e. The van der Waals surface area contributed by atoms with E-state index in [2.05, 4.69) is 16.0 Å². The lowest BCUT2D eigenvalue weighted by molar-refractivity contribution is -0.193. The van der Waals surface area contributed by atoms with Crippen LogP contribution in [0.1, 0.15) is 34.7 Å². The Bertz CT molecular complexity index is 1050. The quantitative estimate of drug-likeness (QED) is 0.566. The van der Waals surface area contributed by atoms with Gasteiger partial charge in [-0.3, -0.25) is 14.7 Å². The van der Waals surface area contributed by atoms with E-state index in [1.54, 1.807) is 12.3 Å². The van der Waals surface area contributed by atoms with Crippen molar-refractivity contribution in [3.63, 3.8) is 0 Å². The summed E-state index contributed by atoms with van der Waals surface area (Å²) < 4.78 is 68.8. The van der Waals surface area contributed by atoms with Gasteiger partial charge in [0.25, 0.3) is 5.91 Å². The fourth-order valence-corrected chi connectivity index (χ4v) is 3.99. The Hall–Kier alpha value is -3.62. The van der Waals surface area contributed by atoms with Crippen LogP contribution in [0.3, 0.4) is 0 Å². The van der Waals surface area contributed by atoms with Gasteiger partial charge in [-0.05, 0) is 38.0 Å². The van der Waals surface area contributed by atoms with Crippen molar-refractivity contribution in [3.05, 3.63) is 53.7 Å². The number of aromatic nitrogens is 1. The van der Waals surface area contributed by atoms with E-state index < -0.39 is 24.3 Å². The SMILES string of the molecule is Cc1occc1C(=O)N1CC[C@H]2[C@H]1CCN2Cc1ccccn1.O=C(O)C(F)(F)F.O=C(O)C(F)(F)F. The molecule has 9 nitrogen and oxygen atoms in total. The largest absolute Gasteiger partial charge is 0.490 e. The zero-order valence-corrected chi connectivity index (χ0v) is 19.3. The van der Waals surface area contributed by atoms with Gasteiger partial charge in [-0.25, -0.2) is 9.59 Å². The van der Waals surface area contributed by atoms with Crippen molar-refractivity contribution < 1.29 is 55.4 Å². The molecule has 0 bridgehead atoms. The second-order valence-electron chi connectivity index (χ2n) is 8.00. The maximum absolute atomic E-state index is 12.8. The summed E-state index contributed by atoms with van der Waals surface area (Å²) in [4.78, 5) is 39.5. The van der Waals surface area contributed by atoms with Crippen LogP contribution in [0, 0.1) is 6.92 Å². The number of furan rings is 1. The number of alkyl halides is 6. The molecule has 0 radical (unpaired) electrons. The highest BCUT2D eigenvalue weighted by atomic mass is 19.4. The molecule has 2 aromatic rings. The number of carbonyl (C=O) groups is 3. The van der Waals surface area contributed by atoms with Crippen LogP contribution in [0.5, 0.6) is 0 Å². The number of nitrogens with zero attached hydrogens (tertiary/aromatic N) is 3. The third-order valence-electron chi connectivity index (χ3n) is 5.62. The van der Waals surface area contributed by atoms with Crippen molar-refractivity contribution in [2.75, 3.05) is 13.1 Å². The van der Waals surface area contributed by atoms with Gasteiger partial charge in [0, 0.05) is 37.9 Å². The number of amides is 1. The number of hydrogen-bond donors (Lipinski definition) is 2. The van der Waals surface area contributed by atoms with Crippen LogP contribution < -0.4 is 0 Å². The number of carbonyl (C=O) groups excluding carboxylic acids is 1. The van der Waals surface area contributed by atoms with Crippen LogP contribution in [0.2, 0.25) is 0 Å². The molecule has 2 aliphatic rings. The molecule has 204 valence electrons. The first-order valence-electron chi connectivity index (χ1n) is 10.7. The summed E-state index contributed by atoms with van der Waals surface area (Å²) in [7, 11) is 0.